The molecule has 1 heterocycles. The first kappa shape index (κ1) is 13.1. The molecule has 0 aliphatic carbocycles. The van der Waals surface area contributed by atoms with E-state index in [2.05, 4.69) is 20.9 Å². The lowest BCUT2D eigenvalue weighted by molar-refractivity contribution is 0.455. The van der Waals surface area contributed by atoms with E-state index in [9.17, 15) is 0 Å². The van der Waals surface area contributed by atoms with Crippen LogP contribution in [0.5, 0.6) is 11.6 Å². The van der Waals surface area contributed by atoms with Crippen molar-refractivity contribution in [1.29, 1.82) is 0 Å². The normalized spacial score (nSPS) is 10.4. The number of halogens is 1. The molecular formula is C14H15BrN2O. The molecule has 2 rings (SSSR count). The van der Waals surface area contributed by atoms with E-state index in [1.165, 1.54) is 0 Å². The maximum Gasteiger partial charge on any atom is 0.233 e. The van der Waals surface area contributed by atoms with E-state index in [1.807, 2.05) is 38.1 Å². The molecule has 0 saturated heterocycles. The van der Waals surface area contributed by atoms with Gasteiger partial charge < -0.3 is 10.5 Å². The molecule has 0 aliphatic heterocycles. The minimum Gasteiger partial charge on any atom is -0.438 e. The maximum absolute atomic E-state index is 5.82. The standard InChI is InChI=1S/C14H15BrN2O/c1-9-5-12(15)14(17-8-9)18-13-6-11(7-16)4-3-10(13)2/h3-6,8H,7,16H2,1-2H3. The van der Waals surface area contributed by atoms with Gasteiger partial charge in [0.25, 0.3) is 0 Å². The van der Waals surface area contributed by atoms with E-state index in [-0.39, 0.29) is 0 Å². The first-order valence-corrected chi connectivity index (χ1v) is 6.49. The van der Waals surface area contributed by atoms with Crippen molar-refractivity contribution in [3.63, 3.8) is 0 Å². The summed E-state index contributed by atoms with van der Waals surface area (Å²) in [6, 6.07) is 7.92. The molecule has 4 heteroatoms. The van der Waals surface area contributed by atoms with E-state index in [0.29, 0.717) is 12.4 Å². The molecule has 0 radical (unpaired) electrons. The molecular weight excluding hydrogens is 292 g/mol. The Labute approximate surface area is 115 Å². The molecule has 0 spiro atoms. The summed E-state index contributed by atoms with van der Waals surface area (Å²) in [4.78, 5) is 4.27. The third kappa shape index (κ3) is 2.89. The molecule has 3 nitrogen and oxygen atoms in total. The zero-order valence-corrected chi connectivity index (χ0v) is 12.0. The van der Waals surface area contributed by atoms with Crippen molar-refractivity contribution in [1.82, 2.24) is 4.98 Å². The van der Waals surface area contributed by atoms with Gasteiger partial charge in [0.05, 0.1) is 4.47 Å². The number of ether oxygens (including phenoxy) is 1. The van der Waals surface area contributed by atoms with Crippen LogP contribution in [-0.2, 0) is 6.54 Å². The molecule has 2 N–H and O–H groups in total. The van der Waals surface area contributed by atoms with Crippen LogP contribution < -0.4 is 10.5 Å². The Bertz CT molecular complexity index is 570. The van der Waals surface area contributed by atoms with Gasteiger partial charge in [-0.05, 0) is 58.6 Å². The number of hydrogen-bond donors (Lipinski definition) is 1. The monoisotopic (exact) mass is 306 g/mol. The van der Waals surface area contributed by atoms with Crippen molar-refractivity contribution in [3.8, 4) is 11.6 Å². The second-order valence-electron chi connectivity index (χ2n) is 4.21. The Kier molecular flexibility index (Phi) is 3.99. The summed E-state index contributed by atoms with van der Waals surface area (Å²) in [5, 5.41) is 0. The van der Waals surface area contributed by atoms with Gasteiger partial charge >= 0.3 is 0 Å². The summed E-state index contributed by atoms with van der Waals surface area (Å²) in [6.07, 6.45) is 1.78. The highest BCUT2D eigenvalue weighted by Gasteiger charge is 2.07. The summed E-state index contributed by atoms with van der Waals surface area (Å²) < 4.78 is 6.67. The Balaban J connectivity index is 2.33. The van der Waals surface area contributed by atoms with Crippen LogP contribution >= 0.6 is 15.9 Å². The van der Waals surface area contributed by atoms with E-state index in [1.54, 1.807) is 6.20 Å². The van der Waals surface area contributed by atoms with Crippen LogP contribution in [0.15, 0.2) is 34.9 Å². The predicted molar refractivity (Wildman–Crippen MR) is 75.8 cm³/mol. The SMILES string of the molecule is Cc1cnc(Oc2cc(CN)ccc2C)c(Br)c1. The van der Waals surface area contributed by atoms with Crippen molar-refractivity contribution < 1.29 is 4.74 Å². The molecule has 0 aliphatic rings. The molecule has 0 atom stereocenters. The summed E-state index contributed by atoms with van der Waals surface area (Å²) in [6.45, 7) is 4.48. The molecule has 0 unspecified atom stereocenters. The summed E-state index contributed by atoms with van der Waals surface area (Å²) in [5.41, 5.74) is 8.81. The van der Waals surface area contributed by atoms with Crippen LogP contribution in [0.4, 0.5) is 0 Å². The molecule has 0 saturated carbocycles. The van der Waals surface area contributed by atoms with Crippen LogP contribution in [0.3, 0.4) is 0 Å². The number of pyridine rings is 1. The molecule has 0 amide bonds. The minimum atomic E-state index is 0.499. The van der Waals surface area contributed by atoms with Crippen LogP contribution in [0.1, 0.15) is 16.7 Å². The van der Waals surface area contributed by atoms with E-state index < -0.39 is 0 Å². The van der Waals surface area contributed by atoms with Gasteiger partial charge in [-0.3, -0.25) is 0 Å². The van der Waals surface area contributed by atoms with E-state index >= 15 is 0 Å². The number of nitrogens with two attached hydrogens (primary N) is 1. The number of benzene rings is 1. The van der Waals surface area contributed by atoms with Crippen molar-refractivity contribution >= 4 is 15.9 Å². The highest BCUT2D eigenvalue weighted by atomic mass is 79.9. The Morgan fingerprint density at radius 2 is 2.06 bits per heavy atom. The molecule has 0 bridgehead atoms. The summed E-state index contributed by atoms with van der Waals surface area (Å²) in [7, 11) is 0. The number of aromatic nitrogens is 1. The predicted octanol–water partition coefficient (Wildman–Crippen LogP) is 3.71. The average molecular weight is 307 g/mol. The van der Waals surface area contributed by atoms with E-state index in [4.69, 9.17) is 10.5 Å². The van der Waals surface area contributed by atoms with Gasteiger partial charge in [0.15, 0.2) is 0 Å². The van der Waals surface area contributed by atoms with Crippen LogP contribution in [0.25, 0.3) is 0 Å². The fourth-order valence-corrected chi connectivity index (χ4v) is 2.13. The third-order valence-electron chi connectivity index (χ3n) is 2.64. The molecule has 0 fully saturated rings. The fraction of sp³-hybridized carbons (Fsp3) is 0.214. The van der Waals surface area contributed by atoms with Crippen molar-refractivity contribution in [2.45, 2.75) is 20.4 Å². The second-order valence-corrected chi connectivity index (χ2v) is 5.06. The van der Waals surface area contributed by atoms with Crippen LogP contribution in [0, 0.1) is 13.8 Å². The van der Waals surface area contributed by atoms with Crippen LogP contribution in [-0.4, -0.2) is 4.98 Å². The van der Waals surface area contributed by atoms with Gasteiger partial charge in [-0.1, -0.05) is 12.1 Å². The zero-order chi connectivity index (χ0) is 13.1. The van der Waals surface area contributed by atoms with Gasteiger partial charge in [-0.15, -0.1) is 0 Å². The number of nitrogens with zero attached hydrogens (tertiary/aromatic N) is 1. The van der Waals surface area contributed by atoms with Crippen molar-refractivity contribution in [2.24, 2.45) is 5.73 Å². The summed E-state index contributed by atoms with van der Waals surface area (Å²) >= 11 is 3.45. The van der Waals surface area contributed by atoms with E-state index in [0.717, 1.165) is 26.9 Å². The molecule has 2 aromatic rings. The Morgan fingerprint density at radius 1 is 1.28 bits per heavy atom. The van der Waals surface area contributed by atoms with Gasteiger partial charge in [0.1, 0.15) is 5.75 Å². The number of aryl methyl sites for hydroxylation is 2. The largest absolute Gasteiger partial charge is 0.438 e. The van der Waals surface area contributed by atoms with Gasteiger partial charge in [-0.2, -0.15) is 0 Å². The highest BCUT2D eigenvalue weighted by molar-refractivity contribution is 9.10. The summed E-state index contributed by atoms with van der Waals surface area (Å²) in [5.74, 6) is 1.35. The minimum absolute atomic E-state index is 0.499. The van der Waals surface area contributed by atoms with Gasteiger partial charge in [0.2, 0.25) is 5.88 Å². The van der Waals surface area contributed by atoms with Crippen molar-refractivity contribution in [2.75, 3.05) is 0 Å². The highest BCUT2D eigenvalue weighted by Crippen LogP contribution is 2.30. The van der Waals surface area contributed by atoms with Gasteiger partial charge in [0, 0.05) is 12.7 Å². The maximum atomic E-state index is 5.82. The molecule has 18 heavy (non-hydrogen) atoms. The number of rotatable bonds is 3. The zero-order valence-electron chi connectivity index (χ0n) is 10.4. The topological polar surface area (TPSA) is 48.1 Å². The Morgan fingerprint density at radius 3 is 2.72 bits per heavy atom. The second kappa shape index (κ2) is 5.50. The first-order chi connectivity index (χ1) is 8.60. The molecule has 1 aromatic heterocycles. The number of hydrogen-bond acceptors (Lipinski definition) is 3. The lowest BCUT2D eigenvalue weighted by Crippen LogP contribution is -1.98. The molecule has 1 aromatic carbocycles. The molecule has 94 valence electrons. The fourth-order valence-electron chi connectivity index (χ4n) is 1.58. The lowest BCUT2D eigenvalue weighted by Gasteiger charge is -2.10. The Hall–Kier alpha value is -1.39. The lowest BCUT2D eigenvalue weighted by atomic mass is 10.1. The van der Waals surface area contributed by atoms with Crippen LogP contribution in [0.2, 0.25) is 0 Å². The smallest absolute Gasteiger partial charge is 0.233 e. The third-order valence-corrected chi connectivity index (χ3v) is 3.21. The average Bonchev–Trinajstić information content (AvgIpc) is 2.35. The van der Waals surface area contributed by atoms with Crippen molar-refractivity contribution in [3.05, 3.63) is 51.6 Å². The quantitative estimate of drug-likeness (QED) is 0.940. The first-order valence-electron chi connectivity index (χ1n) is 5.69. The van der Waals surface area contributed by atoms with Gasteiger partial charge in [-0.25, -0.2) is 4.98 Å².